The second-order valence-corrected chi connectivity index (χ2v) is 15.2. The molecule has 2 saturated heterocycles. The maximum atomic E-state index is 13.1. The fourth-order valence-corrected chi connectivity index (χ4v) is 7.24. The molecule has 0 aromatic heterocycles. The highest BCUT2D eigenvalue weighted by Gasteiger charge is 2.27. The number of anilines is 1. The van der Waals surface area contributed by atoms with Gasteiger partial charge in [-0.3, -0.25) is 24.7 Å². The van der Waals surface area contributed by atoms with E-state index < -0.39 is 0 Å². The van der Waals surface area contributed by atoms with Gasteiger partial charge in [0.2, 0.25) is 17.8 Å². The van der Waals surface area contributed by atoms with Crippen molar-refractivity contribution < 1.29 is 18.4 Å². The molecule has 2 amide bonds. The Morgan fingerprint density at radius 3 is 1.69 bits per heavy atom. The summed E-state index contributed by atoms with van der Waals surface area (Å²) in [5, 5.41) is 12.0. The Kier molecular flexibility index (Phi) is 16.0. The van der Waals surface area contributed by atoms with Gasteiger partial charge in [0, 0.05) is 97.9 Å². The first kappa shape index (κ1) is 44.3. The second-order valence-electron chi connectivity index (χ2n) is 14.4. The first-order valence-corrected chi connectivity index (χ1v) is 19.8. The third kappa shape index (κ3) is 13.4. The molecule has 2 fully saturated rings. The molecule has 11 nitrogen and oxygen atoms in total. The van der Waals surface area contributed by atoms with Gasteiger partial charge >= 0.3 is 0 Å². The number of nitrogens with two attached hydrogens (primary N) is 2. The van der Waals surface area contributed by atoms with Gasteiger partial charge in [0.05, 0.1) is 5.69 Å². The number of rotatable bonds is 9. The molecule has 4 aromatic rings. The molecule has 2 unspecified atom stereocenters. The van der Waals surface area contributed by atoms with E-state index in [2.05, 4.69) is 20.1 Å². The van der Waals surface area contributed by atoms with E-state index in [1.807, 2.05) is 23.6 Å². The highest BCUT2D eigenvalue weighted by Crippen LogP contribution is 2.25. The Bertz CT molecular complexity index is 2210. The Morgan fingerprint density at radius 2 is 1.22 bits per heavy atom. The number of nitrogens with zero attached hydrogens (tertiary/aromatic N) is 6. The topological polar surface area (TPSA) is 147 Å². The van der Waals surface area contributed by atoms with Crippen molar-refractivity contribution >= 4 is 64.5 Å². The van der Waals surface area contributed by atoms with Crippen molar-refractivity contribution in [2.75, 3.05) is 45.0 Å². The van der Waals surface area contributed by atoms with Crippen LogP contribution in [-0.2, 0) is 22.7 Å². The number of amides is 2. The zero-order valence-electron chi connectivity index (χ0n) is 32.9. The zero-order valence-corrected chi connectivity index (χ0v) is 34.4. The van der Waals surface area contributed by atoms with Crippen LogP contribution in [-0.4, -0.2) is 88.7 Å². The SMILES string of the molecule is CC1CN(Cc2ccc(F)cc2)CCN1C(=O)/C=C/c1cc(Cl)ccc1N.CC1CN(Cc2ccc(F)cc2)CCN1C(=O)/C=C/c1cc(Cl)ccc1N=C(N)NC#N. The van der Waals surface area contributed by atoms with Crippen molar-refractivity contribution in [1.29, 1.82) is 5.26 Å². The van der Waals surface area contributed by atoms with E-state index in [0.717, 1.165) is 49.4 Å². The molecule has 308 valence electrons. The van der Waals surface area contributed by atoms with E-state index in [1.54, 1.807) is 85.1 Å². The molecule has 2 aliphatic rings. The van der Waals surface area contributed by atoms with Crippen LogP contribution in [0.3, 0.4) is 0 Å². The number of guanidine groups is 1. The third-order valence-electron chi connectivity index (χ3n) is 9.90. The lowest BCUT2D eigenvalue weighted by molar-refractivity contribution is -0.131. The van der Waals surface area contributed by atoms with Gasteiger partial charge in [-0.25, -0.2) is 13.8 Å². The van der Waals surface area contributed by atoms with E-state index in [9.17, 15) is 18.4 Å². The molecule has 5 N–H and O–H groups in total. The molecule has 2 aliphatic heterocycles. The van der Waals surface area contributed by atoms with Crippen molar-refractivity contribution in [3.05, 3.63) is 141 Å². The van der Waals surface area contributed by atoms with Gasteiger partial charge in [0.1, 0.15) is 11.6 Å². The Morgan fingerprint density at radius 1 is 0.763 bits per heavy atom. The number of carbonyl (C=O) groups is 2. The number of carbonyl (C=O) groups excluding carboxylic acids is 2. The van der Waals surface area contributed by atoms with E-state index in [-0.39, 0.29) is 41.5 Å². The van der Waals surface area contributed by atoms with Gasteiger partial charge in [0.25, 0.3) is 0 Å². The molecule has 15 heteroatoms. The number of nitriles is 1. The van der Waals surface area contributed by atoms with Gasteiger partial charge in [-0.15, -0.1) is 0 Å². The zero-order chi connectivity index (χ0) is 42.5. The standard InChI is InChI=1S/C23H24ClFN6O.C21H23ClFN3O/c1-16-13-30(14-17-2-6-20(25)7-3-17)10-11-31(16)22(32)9-4-18-12-19(24)5-8-21(18)29-23(27)28-15-26;1-15-13-25(14-16-2-6-19(23)7-3-16)10-11-26(15)21(27)9-4-17-12-18(22)5-8-20(17)24/h2-9,12,16H,10-11,13-14H2,1H3,(H3,27,28,29);2-9,12,15H,10-11,13-14,24H2,1H3/b2*9-4+. The molecule has 0 radical (unpaired) electrons. The van der Waals surface area contributed by atoms with Gasteiger partial charge in [0.15, 0.2) is 6.19 Å². The molecule has 0 saturated carbocycles. The number of benzene rings is 4. The molecular formula is C44H47Cl2F2N9O2. The van der Waals surface area contributed by atoms with Crippen LogP contribution in [0.4, 0.5) is 20.2 Å². The summed E-state index contributed by atoms with van der Waals surface area (Å²) in [4.78, 5) is 37.8. The second kappa shape index (κ2) is 21.3. The number of nitrogen functional groups attached to an aromatic ring is 1. The summed E-state index contributed by atoms with van der Waals surface area (Å²) in [5.41, 5.74) is 16.1. The van der Waals surface area contributed by atoms with E-state index >= 15 is 0 Å². The van der Waals surface area contributed by atoms with E-state index in [0.29, 0.717) is 46.6 Å². The van der Waals surface area contributed by atoms with Crippen molar-refractivity contribution in [3.8, 4) is 6.19 Å². The van der Waals surface area contributed by atoms with Crippen LogP contribution in [0, 0.1) is 23.1 Å². The fourth-order valence-electron chi connectivity index (χ4n) is 6.88. The van der Waals surface area contributed by atoms with Crippen LogP contribution in [0.1, 0.15) is 36.1 Å². The van der Waals surface area contributed by atoms with Crippen molar-refractivity contribution in [2.45, 2.75) is 39.0 Å². The van der Waals surface area contributed by atoms with Gasteiger partial charge in [-0.05, 0) is 103 Å². The van der Waals surface area contributed by atoms with Crippen molar-refractivity contribution in [2.24, 2.45) is 10.7 Å². The summed E-state index contributed by atoms with van der Waals surface area (Å²) in [5.74, 6) is -0.682. The Balaban J connectivity index is 0.000000227. The van der Waals surface area contributed by atoms with Crippen LogP contribution in [0.15, 0.2) is 102 Å². The summed E-state index contributed by atoms with van der Waals surface area (Å²) < 4.78 is 26.1. The molecule has 2 heterocycles. The van der Waals surface area contributed by atoms with Crippen LogP contribution >= 0.6 is 23.2 Å². The van der Waals surface area contributed by atoms with Crippen LogP contribution < -0.4 is 16.8 Å². The molecule has 2 atom stereocenters. The number of hydrogen-bond acceptors (Lipinski definition) is 7. The molecule has 0 aliphatic carbocycles. The normalized spacial score (nSPS) is 17.7. The monoisotopic (exact) mass is 841 g/mol. The van der Waals surface area contributed by atoms with Gasteiger partial charge in [-0.2, -0.15) is 5.26 Å². The predicted octanol–water partition coefficient (Wildman–Crippen LogP) is 7.05. The summed E-state index contributed by atoms with van der Waals surface area (Å²) in [6, 6.07) is 23.3. The average molecular weight is 843 g/mol. The minimum absolute atomic E-state index is 0.0219. The minimum atomic E-state index is -0.248. The number of halogens is 4. The van der Waals surface area contributed by atoms with Crippen molar-refractivity contribution in [1.82, 2.24) is 24.9 Å². The maximum Gasteiger partial charge on any atom is 0.246 e. The lowest BCUT2D eigenvalue weighted by atomic mass is 10.1. The quantitative estimate of drug-likeness (QED) is 0.0406. The lowest BCUT2D eigenvalue weighted by Gasteiger charge is -2.39. The van der Waals surface area contributed by atoms with Crippen LogP contribution in [0.5, 0.6) is 0 Å². The molecule has 4 aromatic carbocycles. The average Bonchev–Trinajstić information content (AvgIpc) is 3.20. The Labute approximate surface area is 353 Å². The number of aliphatic imine (C=N–C) groups is 1. The van der Waals surface area contributed by atoms with E-state index in [4.69, 9.17) is 39.9 Å². The number of hydrogen-bond donors (Lipinski definition) is 3. The molecule has 0 spiro atoms. The summed E-state index contributed by atoms with van der Waals surface area (Å²) in [6.45, 7) is 9.75. The first-order chi connectivity index (χ1) is 28.3. The number of piperazine rings is 2. The maximum absolute atomic E-state index is 13.1. The minimum Gasteiger partial charge on any atom is -0.398 e. The first-order valence-electron chi connectivity index (χ1n) is 19.0. The lowest BCUT2D eigenvalue weighted by Crippen LogP contribution is -2.53. The third-order valence-corrected chi connectivity index (χ3v) is 10.4. The molecular weight excluding hydrogens is 795 g/mol. The van der Waals surface area contributed by atoms with Crippen LogP contribution in [0.2, 0.25) is 10.0 Å². The molecule has 59 heavy (non-hydrogen) atoms. The Hall–Kier alpha value is -5.78. The van der Waals surface area contributed by atoms with Crippen molar-refractivity contribution in [3.63, 3.8) is 0 Å². The molecule has 6 rings (SSSR count). The van der Waals surface area contributed by atoms with Gasteiger partial charge < -0.3 is 21.3 Å². The summed E-state index contributed by atoms with van der Waals surface area (Å²) >= 11 is 12.1. The fraction of sp³-hybridized carbons (Fsp3) is 0.273. The highest BCUT2D eigenvalue weighted by atomic mass is 35.5. The smallest absolute Gasteiger partial charge is 0.246 e. The largest absolute Gasteiger partial charge is 0.398 e. The highest BCUT2D eigenvalue weighted by molar-refractivity contribution is 6.31. The summed E-state index contributed by atoms with van der Waals surface area (Å²) in [6.07, 6.45) is 8.10. The van der Waals surface area contributed by atoms with Crippen LogP contribution in [0.25, 0.3) is 12.2 Å². The number of nitrogens with one attached hydrogen (secondary N) is 1. The summed E-state index contributed by atoms with van der Waals surface area (Å²) in [7, 11) is 0. The predicted molar refractivity (Wildman–Crippen MR) is 231 cm³/mol. The van der Waals surface area contributed by atoms with Gasteiger partial charge in [-0.1, -0.05) is 47.5 Å². The molecule has 0 bridgehead atoms. The van der Waals surface area contributed by atoms with E-state index in [1.165, 1.54) is 30.3 Å².